The lowest BCUT2D eigenvalue weighted by Crippen LogP contribution is -2.38. The normalized spacial score (nSPS) is 17.9. The van der Waals surface area contributed by atoms with Crippen LogP contribution in [0, 0.1) is 5.92 Å². The summed E-state index contributed by atoms with van der Waals surface area (Å²) in [7, 11) is 0. The van der Waals surface area contributed by atoms with Gasteiger partial charge < -0.3 is 4.57 Å². The van der Waals surface area contributed by atoms with Gasteiger partial charge in [-0.3, -0.25) is 9.69 Å². The zero-order valence-electron chi connectivity index (χ0n) is 16.6. The number of carbonyl (C=O) groups is 1. The summed E-state index contributed by atoms with van der Waals surface area (Å²) in [6, 6.07) is 16.4. The molecule has 2 aromatic carbocycles. The van der Waals surface area contributed by atoms with Crippen LogP contribution in [0.4, 0.5) is 0 Å². The summed E-state index contributed by atoms with van der Waals surface area (Å²) in [6.07, 6.45) is 4.09. The first kappa shape index (κ1) is 19.2. The number of hydrogen-bond acceptors (Lipinski definition) is 4. The Hall–Kier alpha value is -2.11. The van der Waals surface area contributed by atoms with Gasteiger partial charge in [-0.15, -0.1) is 11.8 Å². The molecule has 2 heterocycles. The monoisotopic (exact) mass is 393 g/mol. The second-order valence-corrected chi connectivity index (χ2v) is 8.31. The van der Waals surface area contributed by atoms with Crippen molar-refractivity contribution in [3.05, 3.63) is 59.9 Å². The Bertz CT molecular complexity index is 964. The van der Waals surface area contributed by atoms with Crippen molar-refractivity contribution in [1.82, 2.24) is 14.5 Å². The number of likely N-dealkylation sites (tertiary alicyclic amines) is 1. The zero-order chi connectivity index (χ0) is 19.5. The number of carbonyl (C=O) groups excluding carboxylic acids is 1. The van der Waals surface area contributed by atoms with Crippen molar-refractivity contribution in [3.63, 3.8) is 0 Å². The van der Waals surface area contributed by atoms with Crippen LogP contribution in [0.5, 0.6) is 0 Å². The number of hydrogen-bond donors (Lipinski definition) is 0. The molecule has 1 fully saturated rings. The van der Waals surface area contributed by atoms with Gasteiger partial charge in [-0.1, -0.05) is 24.3 Å². The molecule has 1 atom stereocenters. The third kappa shape index (κ3) is 3.87. The number of aryl methyl sites for hydroxylation is 1. The molecule has 0 radical (unpaired) electrons. The third-order valence-electron chi connectivity index (χ3n) is 5.67. The van der Waals surface area contributed by atoms with Crippen molar-refractivity contribution in [1.29, 1.82) is 0 Å². The van der Waals surface area contributed by atoms with Crippen LogP contribution in [0.25, 0.3) is 11.0 Å². The maximum absolute atomic E-state index is 13.0. The van der Waals surface area contributed by atoms with Crippen LogP contribution in [0.1, 0.15) is 35.9 Å². The van der Waals surface area contributed by atoms with Gasteiger partial charge in [0.05, 0.1) is 17.6 Å². The van der Waals surface area contributed by atoms with E-state index in [1.807, 2.05) is 30.3 Å². The minimum Gasteiger partial charge on any atom is -0.327 e. The average molecular weight is 394 g/mol. The summed E-state index contributed by atoms with van der Waals surface area (Å²) in [5.41, 5.74) is 3.09. The molecular formula is C23H27N3OS. The number of thioether (sulfide) groups is 1. The first-order valence-corrected chi connectivity index (χ1v) is 11.3. The van der Waals surface area contributed by atoms with Crippen molar-refractivity contribution in [2.24, 2.45) is 5.92 Å². The van der Waals surface area contributed by atoms with E-state index in [1.54, 1.807) is 11.8 Å². The molecule has 0 amide bonds. The predicted molar refractivity (Wildman–Crippen MR) is 116 cm³/mol. The van der Waals surface area contributed by atoms with Crippen molar-refractivity contribution < 1.29 is 4.79 Å². The van der Waals surface area contributed by atoms with E-state index in [0.717, 1.165) is 55.9 Å². The van der Waals surface area contributed by atoms with Crippen molar-refractivity contribution >= 4 is 28.6 Å². The van der Waals surface area contributed by atoms with Crippen LogP contribution in [0.15, 0.2) is 53.4 Å². The summed E-state index contributed by atoms with van der Waals surface area (Å²) < 4.78 is 2.29. The minimum absolute atomic E-state index is 0.0772. The molecule has 5 heteroatoms. The number of ketones is 1. The van der Waals surface area contributed by atoms with Crippen LogP contribution in [0.2, 0.25) is 0 Å². The lowest BCUT2D eigenvalue weighted by molar-refractivity contribution is 0.0807. The van der Waals surface area contributed by atoms with Crippen LogP contribution in [-0.4, -0.2) is 39.6 Å². The molecule has 3 aromatic rings. The highest BCUT2D eigenvalue weighted by molar-refractivity contribution is 7.98. The number of benzene rings is 2. The zero-order valence-corrected chi connectivity index (χ0v) is 17.4. The Morgan fingerprint density at radius 2 is 1.96 bits per heavy atom. The molecule has 0 unspecified atom stereocenters. The topological polar surface area (TPSA) is 38.1 Å². The first-order valence-electron chi connectivity index (χ1n) is 10.0. The first-order chi connectivity index (χ1) is 13.7. The van der Waals surface area contributed by atoms with Gasteiger partial charge in [0.1, 0.15) is 5.82 Å². The van der Waals surface area contributed by atoms with Gasteiger partial charge in [-0.25, -0.2) is 4.98 Å². The lowest BCUT2D eigenvalue weighted by Gasteiger charge is -2.31. The van der Waals surface area contributed by atoms with E-state index >= 15 is 0 Å². The smallest absolute Gasteiger partial charge is 0.167 e. The number of para-hydroxylation sites is 2. The fourth-order valence-corrected chi connectivity index (χ4v) is 4.61. The molecule has 0 bridgehead atoms. The highest BCUT2D eigenvalue weighted by Gasteiger charge is 2.27. The standard InChI is InChI=1S/C23H27N3OS/c1-3-26-21-9-5-4-8-20(21)24-22(26)16-25-14-6-7-18(15-25)23(27)17-10-12-19(28-2)13-11-17/h4-5,8-13,18H,3,6-7,14-16H2,1-2H3/t18-/m1/s1. The maximum atomic E-state index is 13.0. The Morgan fingerprint density at radius 1 is 1.18 bits per heavy atom. The number of nitrogens with zero attached hydrogens (tertiary/aromatic N) is 3. The summed E-state index contributed by atoms with van der Waals surface area (Å²) in [6.45, 7) is 5.72. The molecule has 4 nitrogen and oxygen atoms in total. The van der Waals surface area contributed by atoms with E-state index < -0.39 is 0 Å². The average Bonchev–Trinajstić information content (AvgIpc) is 3.10. The molecule has 146 valence electrons. The molecule has 0 aliphatic carbocycles. The molecule has 0 N–H and O–H groups in total. The van der Waals surface area contributed by atoms with E-state index in [2.05, 4.69) is 40.8 Å². The van der Waals surface area contributed by atoms with E-state index in [0.29, 0.717) is 0 Å². The molecule has 4 rings (SSSR count). The van der Waals surface area contributed by atoms with E-state index in [-0.39, 0.29) is 11.7 Å². The van der Waals surface area contributed by atoms with E-state index in [9.17, 15) is 4.79 Å². The SMILES string of the molecule is CCn1c(CN2CCC[C@@H](C(=O)c3ccc(SC)cc3)C2)nc2ccccc21. The molecule has 0 saturated carbocycles. The largest absolute Gasteiger partial charge is 0.327 e. The molecular weight excluding hydrogens is 366 g/mol. The van der Waals surface area contributed by atoms with Gasteiger partial charge in [0.25, 0.3) is 0 Å². The highest BCUT2D eigenvalue weighted by Crippen LogP contribution is 2.25. The summed E-state index contributed by atoms with van der Waals surface area (Å²) in [4.78, 5) is 21.5. The minimum atomic E-state index is 0.0772. The second kappa shape index (κ2) is 8.50. The number of piperidine rings is 1. The van der Waals surface area contributed by atoms with Crippen molar-refractivity contribution in [2.45, 2.75) is 37.8 Å². The van der Waals surface area contributed by atoms with Crippen LogP contribution in [-0.2, 0) is 13.1 Å². The highest BCUT2D eigenvalue weighted by atomic mass is 32.2. The van der Waals surface area contributed by atoms with Gasteiger partial charge in [0.2, 0.25) is 0 Å². The molecule has 1 aliphatic rings. The third-order valence-corrected chi connectivity index (χ3v) is 6.41. The van der Waals surface area contributed by atoms with Crippen LogP contribution >= 0.6 is 11.8 Å². The fourth-order valence-electron chi connectivity index (χ4n) is 4.20. The van der Waals surface area contributed by atoms with Crippen LogP contribution < -0.4 is 0 Å². The predicted octanol–water partition coefficient (Wildman–Crippen LogP) is 4.87. The molecule has 1 saturated heterocycles. The van der Waals surface area contributed by atoms with Gasteiger partial charge in [-0.2, -0.15) is 0 Å². The maximum Gasteiger partial charge on any atom is 0.167 e. The Labute approximate surface area is 170 Å². The quantitative estimate of drug-likeness (QED) is 0.442. The molecule has 1 aromatic heterocycles. The number of aromatic nitrogens is 2. The molecule has 0 spiro atoms. The molecule has 28 heavy (non-hydrogen) atoms. The van der Waals surface area contributed by atoms with Gasteiger partial charge >= 0.3 is 0 Å². The van der Waals surface area contributed by atoms with Crippen molar-refractivity contribution in [3.8, 4) is 0 Å². The Morgan fingerprint density at radius 3 is 2.71 bits per heavy atom. The number of Topliss-reactive ketones (excluding diaryl/α,β-unsaturated/α-hetero) is 1. The van der Waals surface area contributed by atoms with Crippen LogP contribution in [0.3, 0.4) is 0 Å². The Balaban J connectivity index is 1.49. The molecule has 1 aliphatic heterocycles. The van der Waals surface area contributed by atoms with E-state index in [1.165, 1.54) is 10.4 Å². The van der Waals surface area contributed by atoms with E-state index in [4.69, 9.17) is 4.98 Å². The van der Waals surface area contributed by atoms with Gasteiger partial charge in [0.15, 0.2) is 5.78 Å². The number of rotatable bonds is 6. The number of imidazole rings is 1. The van der Waals surface area contributed by atoms with Gasteiger partial charge in [0, 0.05) is 29.5 Å². The van der Waals surface area contributed by atoms with Crippen molar-refractivity contribution in [2.75, 3.05) is 19.3 Å². The summed E-state index contributed by atoms with van der Waals surface area (Å²) in [5.74, 6) is 1.45. The summed E-state index contributed by atoms with van der Waals surface area (Å²) in [5, 5.41) is 0. The lowest BCUT2D eigenvalue weighted by atomic mass is 9.90. The number of fused-ring (bicyclic) bond motifs is 1. The van der Waals surface area contributed by atoms with Gasteiger partial charge in [-0.05, 0) is 56.8 Å². The summed E-state index contributed by atoms with van der Waals surface area (Å²) >= 11 is 1.70. The fraction of sp³-hybridized carbons (Fsp3) is 0.391. The Kier molecular flexibility index (Phi) is 5.83. The second-order valence-electron chi connectivity index (χ2n) is 7.43.